The van der Waals surface area contributed by atoms with Crippen LogP contribution in [-0.4, -0.2) is 37.1 Å². The summed E-state index contributed by atoms with van der Waals surface area (Å²) in [5.74, 6) is -0.799. The van der Waals surface area contributed by atoms with Crippen molar-refractivity contribution in [1.29, 1.82) is 0 Å². The number of carbonyl (C=O) groups excluding carboxylic acids is 2. The molecule has 1 aliphatic rings. The smallest absolute Gasteiger partial charge is 0.337 e. The van der Waals surface area contributed by atoms with Gasteiger partial charge in [0.15, 0.2) is 0 Å². The number of rotatable bonds is 9. The lowest BCUT2D eigenvalue weighted by molar-refractivity contribution is -0.141. The van der Waals surface area contributed by atoms with E-state index in [0.717, 1.165) is 47.7 Å². The summed E-state index contributed by atoms with van der Waals surface area (Å²) in [5, 5.41) is 2.04. The summed E-state index contributed by atoms with van der Waals surface area (Å²) in [7, 11) is 1.84. The fourth-order valence-electron chi connectivity index (χ4n) is 4.41. The number of ether oxygens (including phenoxy) is 2. The molecule has 33 heavy (non-hydrogen) atoms. The molecule has 5 nitrogen and oxygen atoms in total. The molecule has 5 heteroatoms. The van der Waals surface area contributed by atoms with Gasteiger partial charge in [-0.25, -0.2) is 9.59 Å². The summed E-state index contributed by atoms with van der Waals surface area (Å²) in [6.45, 7) is 8.64. The van der Waals surface area contributed by atoms with Crippen molar-refractivity contribution in [2.75, 3.05) is 20.3 Å². The summed E-state index contributed by atoms with van der Waals surface area (Å²) in [4.78, 5) is 28.7. The number of benzene rings is 2. The average molecular weight is 450 g/mol. The minimum Gasteiger partial charge on any atom is -0.462 e. The highest BCUT2D eigenvalue weighted by Gasteiger charge is 2.48. The molecule has 1 heterocycles. The van der Waals surface area contributed by atoms with Gasteiger partial charge >= 0.3 is 11.9 Å². The molecule has 0 bridgehead atoms. The van der Waals surface area contributed by atoms with Gasteiger partial charge in [-0.05, 0) is 43.0 Å². The Bertz CT molecular complexity index is 1080. The van der Waals surface area contributed by atoms with Crippen LogP contribution in [0.5, 0.6) is 0 Å². The minimum absolute atomic E-state index is 0.348. The molecule has 0 saturated carbocycles. The Labute approximate surface area is 197 Å². The van der Waals surface area contributed by atoms with Gasteiger partial charge in [-0.15, -0.1) is 0 Å². The van der Waals surface area contributed by atoms with E-state index < -0.39 is 17.4 Å². The summed E-state index contributed by atoms with van der Waals surface area (Å²) in [6, 6.07) is 14.0. The normalized spacial score (nSPS) is 18.3. The predicted octanol–water partition coefficient (Wildman–Crippen LogP) is 5.89. The first-order chi connectivity index (χ1) is 15.9. The van der Waals surface area contributed by atoms with E-state index in [1.54, 1.807) is 6.20 Å². The molecule has 176 valence electrons. The van der Waals surface area contributed by atoms with Gasteiger partial charge in [0.05, 0.1) is 29.8 Å². The highest BCUT2D eigenvalue weighted by molar-refractivity contribution is 6.03. The number of carbonyl (C=O) groups is 2. The van der Waals surface area contributed by atoms with E-state index in [1.165, 1.54) is 0 Å². The van der Waals surface area contributed by atoms with Crippen LogP contribution >= 0.6 is 0 Å². The summed E-state index contributed by atoms with van der Waals surface area (Å²) in [5.41, 5.74) is 1.53. The average Bonchev–Trinajstić information content (AvgIpc) is 2.81. The molecule has 0 saturated heterocycles. The number of allylic oxidation sites excluding steroid dienone is 1. The maximum atomic E-state index is 13.5. The van der Waals surface area contributed by atoms with Crippen molar-refractivity contribution in [3.8, 4) is 0 Å². The van der Waals surface area contributed by atoms with Crippen LogP contribution in [0.25, 0.3) is 10.8 Å². The van der Waals surface area contributed by atoms with Gasteiger partial charge in [0.25, 0.3) is 0 Å². The van der Waals surface area contributed by atoms with E-state index in [4.69, 9.17) is 9.47 Å². The van der Waals surface area contributed by atoms with Crippen LogP contribution in [0.2, 0.25) is 0 Å². The number of hydrogen-bond acceptors (Lipinski definition) is 5. The zero-order valence-corrected chi connectivity index (χ0v) is 20.4. The zero-order chi connectivity index (χ0) is 24.0. The molecule has 1 aliphatic heterocycles. The van der Waals surface area contributed by atoms with Gasteiger partial charge in [0.1, 0.15) is 0 Å². The number of hydrogen-bond donors (Lipinski definition) is 0. The number of esters is 2. The maximum absolute atomic E-state index is 13.5. The summed E-state index contributed by atoms with van der Waals surface area (Å²) < 4.78 is 11.3. The number of fused-ring (bicyclic) bond motifs is 1. The molecule has 2 aromatic rings. The van der Waals surface area contributed by atoms with Gasteiger partial charge < -0.3 is 14.4 Å². The Morgan fingerprint density at radius 1 is 0.909 bits per heavy atom. The molecule has 0 radical (unpaired) electrons. The molecule has 0 aliphatic carbocycles. The van der Waals surface area contributed by atoms with E-state index in [1.807, 2.05) is 68.3 Å². The van der Waals surface area contributed by atoms with Gasteiger partial charge in [-0.3, -0.25) is 0 Å². The molecule has 0 spiro atoms. The lowest BCUT2D eigenvalue weighted by Crippen LogP contribution is -2.42. The third kappa shape index (κ3) is 4.82. The van der Waals surface area contributed by atoms with E-state index in [2.05, 4.69) is 13.8 Å². The first-order valence-electron chi connectivity index (χ1n) is 11.8. The third-order valence-electron chi connectivity index (χ3n) is 6.47. The van der Waals surface area contributed by atoms with Gasteiger partial charge in [-0.2, -0.15) is 0 Å². The quantitative estimate of drug-likeness (QED) is 0.353. The van der Waals surface area contributed by atoms with Crippen molar-refractivity contribution >= 4 is 22.7 Å². The Kier molecular flexibility index (Phi) is 7.96. The standard InChI is InChI=1S/C28H35NO4/c1-6-8-17-32-26(30)24-19-29(5)20(3)25(27(31)33-18-9-7-2)28(24,4)23-16-12-14-21-13-10-11-15-22(21)23/h10-16,19H,6-9,17-18H2,1-5H3. The highest BCUT2D eigenvalue weighted by atomic mass is 16.5. The van der Waals surface area contributed by atoms with Crippen molar-refractivity contribution in [3.63, 3.8) is 0 Å². The van der Waals surface area contributed by atoms with Crippen molar-refractivity contribution in [2.24, 2.45) is 0 Å². The highest BCUT2D eigenvalue weighted by Crippen LogP contribution is 2.47. The molecular weight excluding hydrogens is 414 g/mol. The van der Waals surface area contributed by atoms with Gasteiger partial charge in [0.2, 0.25) is 0 Å². The fraction of sp³-hybridized carbons (Fsp3) is 0.429. The largest absolute Gasteiger partial charge is 0.462 e. The van der Waals surface area contributed by atoms with Crippen molar-refractivity contribution < 1.29 is 19.1 Å². The van der Waals surface area contributed by atoms with Gasteiger partial charge in [-0.1, -0.05) is 69.2 Å². The van der Waals surface area contributed by atoms with E-state index in [9.17, 15) is 9.59 Å². The van der Waals surface area contributed by atoms with Crippen molar-refractivity contribution in [1.82, 2.24) is 4.90 Å². The van der Waals surface area contributed by atoms with Crippen LogP contribution in [-0.2, 0) is 24.5 Å². The van der Waals surface area contributed by atoms with Gasteiger partial charge in [0, 0.05) is 18.9 Å². The van der Waals surface area contributed by atoms with Crippen molar-refractivity contribution in [2.45, 2.75) is 58.8 Å². The maximum Gasteiger partial charge on any atom is 0.337 e. The van der Waals surface area contributed by atoms with Crippen LogP contribution in [0.1, 0.15) is 58.9 Å². The monoisotopic (exact) mass is 449 g/mol. The minimum atomic E-state index is -1.02. The number of unbranched alkanes of at least 4 members (excludes halogenated alkanes) is 2. The summed E-state index contributed by atoms with van der Waals surface area (Å²) in [6.07, 6.45) is 5.25. The van der Waals surface area contributed by atoms with Crippen LogP contribution < -0.4 is 0 Å². The Morgan fingerprint density at radius 3 is 2.18 bits per heavy atom. The fourth-order valence-corrected chi connectivity index (χ4v) is 4.41. The Morgan fingerprint density at radius 2 is 1.52 bits per heavy atom. The summed E-state index contributed by atoms with van der Waals surface area (Å²) >= 11 is 0. The van der Waals surface area contributed by atoms with E-state index >= 15 is 0 Å². The lowest BCUT2D eigenvalue weighted by Gasteiger charge is -2.40. The molecule has 2 aromatic carbocycles. The SMILES string of the molecule is CCCCOC(=O)C1=CN(C)C(C)=C(C(=O)OCCCC)C1(C)c1cccc2ccccc12. The van der Waals surface area contributed by atoms with Crippen LogP contribution in [0.15, 0.2) is 65.5 Å². The lowest BCUT2D eigenvalue weighted by atomic mass is 9.67. The second kappa shape index (κ2) is 10.7. The molecule has 1 atom stereocenters. The van der Waals surface area contributed by atoms with Crippen molar-refractivity contribution in [3.05, 3.63) is 71.1 Å². The second-order valence-electron chi connectivity index (χ2n) is 8.74. The molecule has 0 fully saturated rings. The van der Waals surface area contributed by atoms with E-state index in [-0.39, 0.29) is 0 Å². The first-order valence-corrected chi connectivity index (χ1v) is 11.8. The molecule has 0 amide bonds. The first kappa shape index (κ1) is 24.6. The number of nitrogens with zero attached hydrogens (tertiary/aromatic N) is 1. The predicted molar refractivity (Wildman–Crippen MR) is 132 cm³/mol. The molecule has 3 rings (SSSR count). The second-order valence-corrected chi connectivity index (χ2v) is 8.74. The Hall–Kier alpha value is -3.08. The molecule has 0 N–H and O–H groups in total. The molecule has 1 unspecified atom stereocenters. The Balaban J connectivity index is 2.21. The van der Waals surface area contributed by atoms with Crippen LogP contribution in [0.3, 0.4) is 0 Å². The van der Waals surface area contributed by atoms with E-state index in [0.29, 0.717) is 24.4 Å². The molecular formula is C28H35NO4. The molecule has 0 aromatic heterocycles. The van der Waals surface area contributed by atoms with Crippen LogP contribution in [0.4, 0.5) is 0 Å². The third-order valence-corrected chi connectivity index (χ3v) is 6.47. The zero-order valence-electron chi connectivity index (χ0n) is 20.4. The topological polar surface area (TPSA) is 55.8 Å². The van der Waals surface area contributed by atoms with Crippen LogP contribution in [0, 0.1) is 0 Å².